The minimum Gasteiger partial charge on any atom is -0.102 e. The van der Waals surface area contributed by atoms with Crippen LogP contribution in [-0.2, 0) is 0 Å². The molecule has 2 rings (SSSR count). The molecule has 16 heavy (non-hydrogen) atoms. The van der Waals surface area contributed by atoms with Gasteiger partial charge in [0, 0.05) is 5.57 Å². The van der Waals surface area contributed by atoms with Crippen molar-refractivity contribution in [1.29, 1.82) is 0 Å². The highest BCUT2D eigenvalue weighted by atomic mass is 14.4. The van der Waals surface area contributed by atoms with Crippen LogP contribution in [0.2, 0.25) is 0 Å². The van der Waals surface area contributed by atoms with Crippen molar-refractivity contribution in [1.82, 2.24) is 0 Å². The average molecular weight is 216 g/mol. The van der Waals surface area contributed by atoms with Gasteiger partial charge in [0.1, 0.15) is 0 Å². The van der Waals surface area contributed by atoms with Gasteiger partial charge in [-0.15, -0.1) is 5.92 Å². The van der Waals surface area contributed by atoms with Crippen LogP contribution < -0.4 is 0 Å². The van der Waals surface area contributed by atoms with E-state index >= 15 is 0 Å². The van der Waals surface area contributed by atoms with Gasteiger partial charge in [-0.3, -0.25) is 0 Å². The fourth-order valence-corrected chi connectivity index (χ4v) is 2.37. The lowest BCUT2D eigenvalue weighted by Crippen LogP contribution is -1.86. The molecular weight excluding hydrogens is 192 g/mol. The molecule has 0 radical (unpaired) electrons. The van der Waals surface area contributed by atoms with Crippen LogP contribution in [-0.4, -0.2) is 0 Å². The molecule has 0 aromatic rings. The smallest absolute Gasteiger partial charge is 0.00211 e. The fourth-order valence-electron chi connectivity index (χ4n) is 2.37. The maximum Gasteiger partial charge on any atom is 0.00211 e. The monoisotopic (exact) mass is 216 g/mol. The molecule has 0 aromatic heterocycles. The lowest BCUT2D eigenvalue weighted by atomic mass is 10.0. The second-order valence-corrected chi connectivity index (χ2v) is 4.31. The molecule has 0 amide bonds. The molecule has 0 nitrogen and oxygen atoms in total. The van der Waals surface area contributed by atoms with Gasteiger partial charge < -0.3 is 0 Å². The Kier molecular flexibility index (Phi) is 5.39. The van der Waals surface area contributed by atoms with Gasteiger partial charge in [-0.25, -0.2) is 0 Å². The topological polar surface area (TPSA) is 0 Å². The summed E-state index contributed by atoms with van der Waals surface area (Å²) in [5.41, 5.74) is 3.03. The minimum absolute atomic E-state index is 0.825. The number of hydrogen-bond donors (Lipinski definition) is 0. The van der Waals surface area contributed by atoms with Crippen LogP contribution in [0.4, 0.5) is 0 Å². The van der Waals surface area contributed by atoms with E-state index < -0.39 is 0 Å². The van der Waals surface area contributed by atoms with E-state index in [0.717, 1.165) is 18.3 Å². The first-order valence-corrected chi connectivity index (χ1v) is 6.67. The van der Waals surface area contributed by atoms with Crippen LogP contribution in [0.25, 0.3) is 0 Å². The number of allylic oxidation sites excluding steroid dienone is 4. The quantitative estimate of drug-likeness (QED) is 0.462. The van der Waals surface area contributed by atoms with Gasteiger partial charge in [-0.2, -0.15) is 0 Å². The molecule has 0 aliphatic heterocycles. The average Bonchev–Trinajstić information content (AvgIpc) is 3.06. The third-order valence-corrected chi connectivity index (χ3v) is 3.14. The van der Waals surface area contributed by atoms with Crippen molar-refractivity contribution in [2.45, 2.75) is 53.4 Å². The molecular formula is C16H24. The Hall–Kier alpha value is -0.960. The van der Waals surface area contributed by atoms with Crippen LogP contribution in [0.5, 0.6) is 0 Å². The highest BCUT2D eigenvalue weighted by molar-refractivity contribution is 5.37. The van der Waals surface area contributed by atoms with Gasteiger partial charge in [0.2, 0.25) is 0 Å². The zero-order valence-corrected chi connectivity index (χ0v) is 11.1. The largest absolute Gasteiger partial charge is 0.102 e. The molecule has 2 atom stereocenters. The van der Waals surface area contributed by atoms with Crippen LogP contribution in [0.15, 0.2) is 23.3 Å². The highest BCUT2D eigenvalue weighted by Gasteiger charge is 2.38. The predicted molar refractivity (Wildman–Crippen MR) is 72.1 cm³/mol. The Morgan fingerprint density at radius 3 is 2.75 bits per heavy atom. The summed E-state index contributed by atoms with van der Waals surface area (Å²) in [5, 5.41) is 0. The predicted octanol–water partition coefficient (Wildman–Crippen LogP) is 4.73. The molecule has 1 fully saturated rings. The Labute approximate surface area is 101 Å². The molecule has 2 unspecified atom stereocenters. The Balaban J connectivity index is 0.000000606. The van der Waals surface area contributed by atoms with Gasteiger partial charge in [0.15, 0.2) is 0 Å². The first-order valence-electron chi connectivity index (χ1n) is 6.67. The van der Waals surface area contributed by atoms with E-state index in [1.165, 1.54) is 24.8 Å². The van der Waals surface area contributed by atoms with Gasteiger partial charge >= 0.3 is 0 Å². The van der Waals surface area contributed by atoms with Crippen molar-refractivity contribution in [3.8, 4) is 11.8 Å². The third kappa shape index (κ3) is 3.27. The van der Waals surface area contributed by atoms with Gasteiger partial charge in [0.05, 0.1) is 0 Å². The number of rotatable bonds is 2. The normalized spacial score (nSPS) is 25.8. The van der Waals surface area contributed by atoms with Crippen molar-refractivity contribution >= 4 is 0 Å². The number of hydrogen-bond acceptors (Lipinski definition) is 0. The summed E-state index contributed by atoms with van der Waals surface area (Å²) in [6.07, 6.45) is 9.85. The van der Waals surface area contributed by atoms with Crippen LogP contribution in [0, 0.1) is 23.7 Å². The third-order valence-electron chi connectivity index (χ3n) is 3.14. The van der Waals surface area contributed by atoms with Gasteiger partial charge in [-0.05, 0) is 38.0 Å². The molecule has 2 aliphatic rings. The maximum atomic E-state index is 3.21. The van der Waals surface area contributed by atoms with Crippen molar-refractivity contribution in [3.63, 3.8) is 0 Å². The van der Waals surface area contributed by atoms with E-state index in [4.69, 9.17) is 0 Å². The van der Waals surface area contributed by atoms with Crippen LogP contribution in [0.3, 0.4) is 0 Å². The van der Waals surface area contributed by atoms with E-state index in [0.29, 0.717) is 0 Å². The van der Waals surface area contributed by atoms with Gasteiger partial charge in [0.25, 0.3) is 0 Å². The van der Waals surface area contributed by atoms with E-state index in [1.54, 1.807) is 5.57 Å². The molecule has 0 saturated heterocycles. The lowest BCUT2D eigenvalue weighted by Gasteiger charge is -2.02. The lowest BCUT2D eigenvalue weighted by molar-refractivity contribution is 0.798. The summed E-state index contributed by atoms with van der Waals surface area (Å²) in [7, 11) is 0. The van der Waals surface area contributed by atoms with E-state index in [1.807, 2.05) is 20.8 Å². The molecule has 0 heteroatoms. The molecule has 0 N–H and O–H groups in total. The fraction of sp³-hybridized carbons (Fsp3) is 0.625. The van der Waals surface area contributed by atoms with E-state index in [-0.39, 0.29) is 0 Å². The zero-order valence-electron chi connectivity index (χ0n) is 11.1. The highest BCUT2D eigenvalue weighted by Crippen LogP contribution is 2.48. The van der Waals surface area contributed by atoms with Gasteiger partial charge in [-0.1, -0.05) is 50.8 Å². The maximum absolute atomic E-state index is 3.21. The van der Waals surface area contributed by atoms with Crippen molar-refractivity contribution in [2.75, 3.05) is 0 Å². The van der Waals surface area contributed by atoms with Crippen LogP contribution in [0.1, 0.15) is 53.4 Å². The minimum atomic E-state index is 0.825. The molecule has 1 saturated carbocycles. The molecule has 0 aromatic carbocycles. The van der Waals surface area contributed by atoms with Crippen LogP contribution >= 0.6 is 0 Å². The Morgan fingerprint density at radius 1 is 1.38 bits per heavy atom. The number of fused-ring (bicyclic) bond motifs is 1. The summed E-state index contributed by atoms with van der Waals surface area (Å²) in [5.74, 6) is 7.92. The second-order valence-electron chi connectivity index (χ2n) is 4.31. The molecule has 0 spiro atoms. The summed E-state index contributed by atoms with van der Waals surface area (Å²) >= 11 is 0. The molecule has 2 aliphatic carbocycles. The first-order chi connectivity index (χ1) is 7.85. The molecule has 88 valence electrons. The summed E-state index contributed by atoms with van der Waals surface area (Å²) < 4.78 is 0. The summed E-state index contributed by atoms with van der Waals surface area (Å²) in [6, 6.07) is 0. The Morgan fingerprint density at radius 2 is 2.12 bits per heavy atom. The second kappa shape index (κ2) is 6.59. The summed E-state index contributed by atoms with van der Waals surface area (Å²) in [4.78, 5) is 0. The zero-order chi connectivity index (χ0) is 12.0. The first kappa shape index (κ1) is 13.1. The SMILES string of the molecule is CC.CC#CC1=CC2CC2C(CCC)=CC1. The standard InChI is InChI=1S/C14H18.C2H6/c1-3-5-11-7-8-12(6-4-2)14-10-13(14)9-11;1-2/h8-9,13-14H,4,6-7,10H2,1-2H3;1-2H3. The Bertz CT molecular complexity index is 333. The van der Waals surface area contributed by atoms with Crippen molar-refractivity contribution in [3.05, 3.63) is 23.3 Å². The molecule has 0 heterocycles. The van der Waals surface area contributed by atoms with Crippen molar-refractivity contribution in [2.24, 2.45) is 11.8 Å². The molecule has 0 bridgehead atoms. The summed E-state index contributed by atoms with van der Waals surface area (Å²) in [6.45, 7) is 8.19. The van der Waals surface area contributed by atoms with Crippen molar-refractivity contribution < 1.29 is 0 Å². The van der Waals surface area contributed by atoms with E-state index in [2.05, 4.69) is 30.9 Å². The van der Waals surface area contributed by atoms with E-state index in [9.17, 15) is 0 Å².